The van der Waals surface area contributed by atoms with Crippen molar-refractivity contribution < 1.29 is 44.6 Å². The maximum atomic E-state index is 4.08. The maximum Gasteiger partial charge on any atom is 0 e. The van der Waals surface area contributed by atoms with E-state index in [9.17, 15) is 0 Å². The van der Waals surface area contributed by atoms with Gasteiger partial charge in [0.1, 0.15) is 0 Å². The molecule has 0 radical (unpaired) electrons. The van der Waals surface area contributed by atoms with Crippen molar-refractivity contribution in [1.82, 2.24) is 0 Å². The van der Waals surface area contributed by atoms with Gasteiger partial charge in [0.25, 0.3) is 0 Å². The third kappa shape index (κ3) is 457. The van der Waals surface area contributed by atoms with Crippen LogP contribution < -0.4 is 23.5 Å². The van der Waals surface area contributed by atoms with Crippen LogP contribution in [0.3, 0.4) is 0 Å². The minimum Gasteiger partial charge on any atom is -1.00 e. The molecular formula is CH3F5MoS-6. The van der Waals surface area contributed by atoms with Crippen LogP contribution in [-0.4, -0.2) is 6.26 Å². The molecule has 0 aliphatic carbocycles. The molecule has 7 heteroatoms. The molecule has 0 aliphatic heterocycles. The molecule has 0 spiro atoms. The second-order valence-corrected chi connectivity index (χ2v) is 0. The molecule has 0 aromatic rings. The monoisotopic (exact) mass is 240 g/mol. The van der Waals surface area contributed by atoms with Gasteiger partial charge in [0.15, 0.2) is 0 Å². The first-order valence-corrected chi connectivity index (χ1v) is 1.22. The van der Waals surface area contributed by atoms with E-state index in [0.717, 1.165) is 0 Å². The zero-order valence-corrected chi connectivity index (χ0v) is 6.53. The largest absolute Gasteiger partial charge is 1.00 e. The molecule has 0 heterocycles. The first-order chi connectivity index (χ1) is 1.00. The van der Waals surface area contributed by atoms with Gasteiger partial charge >= 0.3 is 0 Å². The molecule has 0 amide bonds. The normalized spacial score (nSPS) is 0.750. The summed E-state index contributed by atoms with van der Waals surface area (Å²) in [4.78, 5) is 0. The van der Waals surface area contributed by atoms with Gasteiger partial charge in [0.2, 0.25) is 0 Å². The quantitative estimate of drug-likeness (QED) is 0.229. The van der Waals surface area contributed by atoms with Crippen molar-refractivity contribution in [3.8, 4) is 0 Å². The molecule has 0 saturated carbocycles. The van der Waals surface area contributed by atoms with E-state index in [1.807, 2.05) is 0 Å². The van der Waals surface area contributed by atoms with E-state index in [1.165, 1.54) is 0 Å². The van der Waals surface area contributed by atoms with E-state index in [2.05, 4.69) is 12.6 Å². The second kappa shape index (κ2) is 726. The summed E-state index contributed by atoms with van der Waals surface area (Å²) in [6.07, 6.45) is 1.58. The van der Waals surface area contributed by atoms with Gasteiger partial charge in [-0.15, -0.1) is 0 Å². The smallest absolute Gasteiger partial charge is 0 e. The fraction of sp³-hybridized carbons (Fsp3) is 1.00. The molecule has 0 aliphatic rings. The summed E-state index contributed by atoms with van der Waals surface area (Å²) >= 11 is 4.08. The summed E-state index contributed by atoms with van der Waals surface area (Å²) in [6, 6.07) is 0. The van der Waals surface area contributed by atoms with Crippen molar-refractivity contribution in [2.75, 3.05) is 6.26 Å². The first-order valence-electron chi connectivity index (χ1n) is 0.408. The molecule has 0 aromatic heterocycles. The van der Waals surface area contributed by atoms with Crippen molar-refractivity contribution in [3.05, 3.63) is 0 Å². The number of halogens is 5. The van der Waals surface area contributed by atoms with Crippen LogP contribution in [0.25, 0.3) is 0 Å². The minimum absolute atomic E-state index is 0. The van der Waals surface area contributed by atoms with Crippen molar-refractivity contribution in [2.24, 2.45) is 0 Å². The number of hydrogen-bond donors (Lipinski definition) is 0. The molecule has 60 valence electrons. The molecule has 0 aromatic carbocycles. The molecular weight excluding hydrogens is 235 g/mol. The van der Waals surface area contributed by atoms with Crippen molar-refractivity contribution >= 4 is 12.6 Å². The van der Waals surface area contributed by atoms with E-state index in [1.54, 1.807) is 6.26 Å². The third-order valence-electron chi connectivity index (χ3n) is 0. The van der Waals surface area contributed by atoms with Gasteiger partial charge in [-0.2, -0.15) is 6.26 Å². The van der Waals surface area contributed by atoms with E-state index in [-0.39, 0.29) is 44.6 Å². The van der Waals surface area contributed by atoms with Gasteiger partial charge in [-0.25, -0.2) is 0 Å². The van der Waals surface area contributed by atoms with Crippen LogP contribution >= 0.6 is 0 Å². The summed E-state index contributed by atoms with van der Waals surface area (Å²) in [5.74, 6) is 0. The Kier molecular flexibility index (Phi) is 16300. The minimum atomic E-state index is 0. The van der Waals surface area contributed by atoms with Crippen LogP contribution in [0, 0.1) is 0 Å². The van der Waals surface area contributed by atoms with Gasteiger partial charge < -0.3 is 36.2 Å². The topological polar surface area (TPSA) is 0 Å². The van der Waals surface area contributed by atoms with Crippen LogP contribution in [0.1, 0.15) is 0 Å². The number of rotatable bonds is 0. The predicted octanol–water partition coefficient (Wildman–Crippen LogP) is -14.8. The molecule has 0 nitrogen and oxygen atoms in total. The van der Waals surface area contributed by atoms with Gasteiger partial charge in [0.05, 0.1) is 0 Å². The van der Waals surface area contributed by atoms with E-state index < -0.39 is 0 Å². The van der Waals surface area contributed by atoms with Gasteiger partial charge in [-0.05, 0) is 0 Å². The fourth-order valence-corrected chi connectivity index (χ4v) is 0. The van der Waals surface area contributed by atoms with Crippen molar-refractivity contribution in [3.63, 3.8) is 0 Å². The van der Waals surface area contributed by atoms with Crippen molar-refractivity contribution in [1.29, 1.82) is 0 Å². The van der Waals surface area contributed by atoms with E-state index >= 15 is 0 Å². The van der Waals surface area contributed by atoms with Gasteiger partial charge in [0, 0.05) is 21.1 Å². The Hall–Kier alpha value is 0.688. The van der Waals surface area contributed by atoms with E-state index in [0.29, 0.717) is 0 Å². The van der Waals surface area contributed by atoms with Crippen LogP contribution in [0.4, 0.5) is 0 Å². The summed E-state index contributed by atoms with van der Waals surface area (Å²) in [6.45, 7) is 0. The molecule has 0 bridgehead atoms. The van der Waals surface area contributed by atoms with Crippen molar-refractivity contribution in [2.45, 2.75) is 0 Å². The molecule has 0 rings (SSSR count). The average Bonchev–Trinajstić information content (AvgIpc) is 1.00. The maximum absolute atomic E-state index is 4.08. The standard InChI is InChI=1S/CH4S.5FH.Mo/c1-2;;;;;;/h2H,1H3;5*1H;/p-6. The Morgan fingerprint density at radius 1 is 0.625 bits per heavy atom. The Morgan fingerprint density at radius 2 is 0.625 bits per heavy atom. The van der Waals surface area contributed by atoms with Crippen LogP contribution in [0.15, 0.2) is 0 Å². The van der Waals surface area contributed by atoms with Gasteiger partial charge in [-0.3, -0.25) is 0 Å². The Labute approximate surface area is 63.9 Å². The summed E-state index contributed by atoms with van der Waals surface area (Å²) < 4.78 is 0. The van der Waals surface area contributed by atoms with Crippen LogP contribution in [-0.2, 0) is 33.7 Å². The van der Waals surface area contributed by atoms with Crippen LogP contribution in [0.2, 0.25) is 0 Å². The second-order valence-electron chi connectivity index (χ2n) is 0. The molecule has 8 heavy (non-hydrogen) atoms. The SMILES string of the molecule is C[S-].[F-].[F-].[F-].[F-].[F-].[Mo]. The molecule has 0 unspecified atom stereocenters. The molecule has 0 fully saturated rings. The first kappa shape index (κ1) is 180. The summed E-state index contributed by atoms with van der Waals surface area (Å²) in [7, 11) is 0. The third-order valence-corrected chi connectivity index (χ3v) is 0. The number of hydrogen-bond acceptors (Lipinski definition) is 1. The zero-order valence-electron chi connectivity index (χ0n) is 3.71. The zero-order chi connectivity index (χ0) is 2.00. The summed E-state index contributed by atoms with van der Waals surface area (Å²) in [5, 5.41) is 0. The van der Waals surface area contributed by atoms with Crippen LogP contribution in [0.5, 0.6) is 0 Å². The fourth-order valence-electron chi connectivity index (χ4n) is 0. The summed E-state index contributed by atoms with van der Waals surface area (Å²) in [5.41, 5.74) is 0. The Morgan fingerprint density at radius 3 is 0.625 bits per heavy atom. The Bertz CT molecular complexity index is 12.4. The molecule has 0 N–H and O–H groups in total. The predicted molar refractivity (Wildman–Crippen MR) is 13.3 cm³/mol. The average molecular weight is 238 g/mol. The molecule has 0 saturated heterocycles. The Balaban J connectivity index is -0.000000000333. The van der Waals surface area contributed by atoms with Gasteiger partial charge in [-0.1, -0.05) is 0 Å². The molecule has 0 atom stereocenters. The van der Waals surface area contributed by atoms with E-state index in [4.69, 9.17) is 0 Å².